The summed E-state index contributed by atoms with van der Waals surface area (Å²) in [5.41, 5.74) is 0. The summed E-state index contributed by atoms with van der Waals surface area (Å²) in [6.07, 6.45) is 4.30. The van der Waals surface area contributed by atoms with Gasteiger partial charge in [0.2, 0.25) is 5.91 Å². The summed E-state index contributed by atoms with van der Waals surface area (Å²) < 4.78 is 7.08. The Hall–Kier alpha value is -1.44. The number of hydrogen-bond acceptors (Lipinski definition) is 5. The quantitative estimate of drug-likeness (QED) is 0.770. The molecule has 3 rings (SSSR count). The molecule has 1 saturated carbocycles. The molecule has 7 nitrogen and oxygen atoms in total. The average molecular weight is 335 g/mol. The molecule has 0 radical (unpaired) electrons. The van der Waals surface area contributed by atoms with Crippen LogP contribution in [0, 0.1) is 5.92 Å². The van der Waals surface area contributed by atoms with Crippen LogP contribution in [0.15, 0.2) is 12.3 Å². The van der Waals surface area contributed by atoms with Crippen LogP contribution in [-0.2, 0) is 9.53 Å². The van der Waals surface area contributed by atoms with Gasteiger partial charge in [0.25, 0.3) is 0 Å². The van der Waals surface area contributed by atoms with Gasteiger partial charge in [-0.05, 0) is 25.7 Å². The molecular formula is C17H29N5O2. The molecule has 1 N–H and O–H groups in total. The zero-order chi connectivity index (χ0) is 16.9. The van der Waals surface area contributed by atoms with Crippen molar-refractivity contribution in [3.8, 4) is 0 Å². The number of aromatic nitrogens is 2. The molecule has 24 heavy (non-hydrogen) atoms. The number of carbonyl (C=O) groups excluding carboxylic acids is 1. The number of ether oxygens (including phenoxy) is 1. The van der Waals surface area contributed by atoms with Crippen molar-refractivity contribution < 1.29 is 9.53 Å². The normalized spacial score (nSPS) is 20.9. The SMILES string of the molecule is COCCN1CCN(CC(=O)Nc2ccnn2[C@@H](C)C2CC2)CC1. The van der Waals surface area contributed by atoms with Crippen molar-refractivity contribution in [2.24, 2.45) is 5.92 Å². The molecule has 2 heterocycles. The summed E-state index contributed by atoms with van der Waals surface area (Å²) in [7, 11) is 1.73. The highest BCUT2D eigenvalue weighted by Gasteiger charge is 2.31. The maximum atomic E-state index is 12.4. The van der Waals surface area contributed by atoms with E-state index in [0.717, 1.165) is 45.1 Å². The molecule has 1 aromatic rings. The van der Waals surface area contributed by atoms with Crippen molar-refractivity contribution >= 4 is 11.7 Å². The summed E-state index contributed by atoms with van der Waals surface area (Å²) in [6.45, 7) is 8.20. The Kier molecular flexibility index (Phi) is 5.86. The molecule has 0 aromatic carbocycles. The highest BCUT2D eigenvalue weighted by atomic mass is 16.5. The Labute approximate surface area is 143 Å². The maximum Gasteiger partial charge on any atom is 0.239 e. The molecule has 0 unspecified atom stereocenters. The van der Waals surface area contributed by atoms with Crippen LogP contribution < -0.4 is 5.32 Å². The summed E-state index contributed by atoms with van der Waals surface area (Å²) in [6, 6.07) is 2.25. The number of anilines is 1. The van der Waals surface area contributed by atoms with E-state index in [1.807, 2.05) is 10.7 Å². The van der Waals surface area contributed by atoms with Crippen molar-refractivity contribution in [2.45, 2.75) is 25.8 Å². The van der Waals surface area contributed by atoms with Crippen LogP contribution in [-0.4, -0.2) is 78.5 Å². The fourth-order valence-electron chi connectivity index (χ4n) is 3.29. The first-order valence-electron chi connectivity index (χ1n) is 8.94. The number of rotatable bonds is 8. The Morgan fingerprint density at radius 1 is 1.33 bits per heavy atom. The molecule has 134 valence electrons. The third-order valence-electron chi connectivity index (χ3n) is 5.07. The molecule has 1 amide bonds. The van der Waals surface area contributed by atoms with Gasteiger partial charge in [0, 0.05) is 45.9 Å². The number of amides is 1. The Balaban J connectivity index is 1.44. The van der Waals surface area contributed by atoms with Crippen LogP contribution in [0.5, 0.6) is 0 Å². The van der Waals surface area contributed by atoms with Crippen LogP contribution >= 0.6 is 0 Å². The van der Waals surface area contributed by atoms with Gasteiger partial charge >= 0.3 is 0 Å². The molecule has 1 aliphatic heterocycles. The predicted octanol–water partition coefficient (Wildman–Crippen LogP) is 1.06. The van der Waals surface area contributed by atoms with E-state index in [9.17, 15) is 4.79 Å². The summed E-state index contributed by atoms with van der Waals surface area (Å²) in [5.74, 6) is 1.57. The van der Waals surface area contributed by atoms with Crippen LogP contribution in [0.2, 0.25) is 0 Å². The molecule has 1 aliphatic carbocycles. The van der Waals surface area contributed by atoms with Crippen LogP contribution in [0.1, 0.15) is 25.8 Å². The number of nitrogens with zero attached hydrogens (tertiary/aromatic N) is 4. The van der Waals surface area contributed by atoms with E-state index < -0.39 is 0 Å². The lowest BCUT2D eigenvalue weighted by Gasteiger charge is -2.34. The fraction of sp³-hybridized carbons (Fsp3) is 0.765. The van der Waals surface area contributed by atoms with E-state index in [1.54, 1.807) is 13.3 Å². The lowest BCUT2D eigenvalue weighted by Crippen LogP contribution is -2.49. The fourth-order valence-corrected chi connectivity index (χ4v) is 3.29. The molecule has 2 aliphatic rings. The van der Waals surface area contributed by atoms with E-state index >= 15 is 0 Å². The number of carbonyl (C=O) groups is 1. The molecule has 1 saturated heterocycles. The summed E-state index contributed by atoms with van der Waals surface area (Å²) >= 11 is 0. The van der Waals surface area contributed by atoms with Gasteiger partial charge in [-0.1, -0.05) is 0 Å². The minimum atomic E-state index is 0.0464. The van der Waals surface area contributed by atoms with Gasteiger partial charge in [-0.3, -0.25) is 14.6 Å². The lowest BCUT2D eigenvalue weighted by molar-refractivity contribution is -0.117. The van der Waals surface area contributed by atoms with E-state index in [0.29, 0.717) is 18.5 Å². The zero-order valence-electron chi connectivity index (χ0n) is 14.8. The van der Waals surface area contributed by atoms with E-state index in [-0.39, 0.29) is 5.91 Å². The second kappa shape index (κ2) is 8.09. The van der Waals surface area contributed by atoms with Crippen molar-refractivity contribution in [3.05, 3.63) is 12.3 Å². The third kappa shape index (κ3) is 4.55. The van der Waals surface area contributed by atoms with E-state index in [2.05, 4.69) is 27.1 Å². The minimum Gasteiger partial charge on any atom is -0.383 e. The Morgan fingerprint density at radius 3 is 2.71 bits per heavy atom. The topological polar surface area (TPSA) is 62.6 Å². The Bertz CT molecular complexity index is 535. The average Bonchev–Trinajstić information content (AvgIpc) is 3.33. The van der Waals surface area contributed by atoms with Crippen LogP contribution in [0.4, 0.5) is 5.82 Å². The summed E-state index contributed by atoms with van der Waals surface area (Å²) in [4.78, 5) is 17.0. The molecule has 1 aromatic heterocycles. The van der Waals surface area contributed by atoms with E-state index in [4.69, 9.17) is 4.74 Å². The number of methoxy groups -OCH3 is 1. The highest BCUT2D eigenvalue weighted by Crippen LogP contribution is 2.40. The van der Waals surface area contributed by atoms with Gasteiger partial charge in [-0.2, -0.15) is 5.10 Å². The zero-order valence-corrected chi connectivity index (χ0v) is 14.8. The number of hydrogen-bond donors (Lipinski definition) is 1. The first-order valence-corrected chi connectivity index (χ1v) is 8.94. The second-order valence-corrected chi connectivity index (χ2v) is 6.90. The van der Waals surface area contributed by atoms with Gasteiger partial charge in [-0.15, -0.1) is 0 Å². The lowest BCUT2D eigenvalue weighted by atomic mass is 10.2. The second-order valence-electron chi connectivity index (χ2n) is 6.90. The first kappa shape index (κ1) is 17.4. The first-order chi connectivity index (χ1) is 11.7. The molecule has 1 atom stereocenters. The van der Waals surface area contributed by atoms with Crippen molar-refractivity contribution in [3.63, 3.8) is 0 Å². The molecular weight excluding hydrogens is 306 g/mol. The van der Waals surface area contributed by atoms with Crippen LogP contribution in [0.3, 0.4) is 0 Å². The standard InChI is InChI=1S/C17H29N5O2/c1-14(15-3-4-15)22-16(5-6-18-22)19-17(23)13-21-9-7-20(8-10-21)11-12-24-2/h5-6,14-15H,3-4,7-13H2,1-2H3,(H,19,23)/t14-/m0/s1. The highest BCUT2D eigenvalue weighted by molar-refractivity contribution is 5.91. The molecule has 0 spiro atoms. The van der Waals surface area contributed by atoms with Crippen molar-refractivity contribution in [2.75, 3.05) is 58.3 Å². The van der Waals surface area contributed by atoms with Gasteiger partial charge in [-0.25, -0.2) is 4.68 Å². The maximum absolute atomic E-state index is 12.4. The smallest absolute Gasteiger partial charge is 0.239 e. The van der Waals surface area contributed by atoms with Gasteiger partial charge in [0.1, 0.15) is 5.82 Å². The summed E-state index contributed by atoms with van der Waals surface area (Å²) in [5, 5.41) is 7.42. The number of piperazine rings is 1. The van der Waals surface area contributed by atoms with Crippen LogP contribution in [0.25, 0.3) is 0 Å². The van der Waals surface area contributed by atoms with E-state index in [1.165, 1.54) is 12.8 Å². The van der Waals surface area contributed by atoms with Gasteiger partial charge in [0.05, 0.1) is 25.4 Å². The monoisotopic (exact) mass is 335 g/mol. The van der Waals surface area contributed by atoms with Gasteiger partial charge < -0.3 is 10.1 Å². The minimum absolute atomic E-state index is 0.0464. The predicted molar refractivity (Wildman–Crippen MR) is 93.0 cm³/mol. The molecule has 0 bridgehead atoms. The van der Waals surface area contributed by atoms with Crippen molar-refractivity contribution in [1.29, 1.82) is 0 Å². The van der Waals surface area contributed by atoms with Crippen molar-refractivity contribution in [1.82, 2.24) is 19.6 Å². The third-order valence-corrected chi connectivity index (χ3v) is 5.07. The number of nitrogens with one attached hydrogen (secondary N) is 1. The largest absolute Gasteiger partial charge is 0.383 e. The van der Waals surface area contributed by atoms with Gasteiger partial charge in [0.15, 0.2) is 0 Å². The molecule has 2 fully saturated rings. The Morgan fingerprint density at radius 2 is 2.04 bits per heavy atom. The molecule has 7 heteroatoms.